The topological polar surface area (TPSA) is 212 Å². The quantitative estimate of drug-likeness (QED) is 0.0816. The van der Waals surface area contributed by atoms with Crippen LogP contribution in [0.3, 0.4) is 0 Å². The lowest BCUT2D eigenvalue weighted by Gasteiger charge is -2.31. The lowest BCUT2D eigenvalue weighted by Crippen LogP contribution is -2.30. The summed E-state index contributed by atoms with van der Waals surface area (Å²) in [5, 5.41) is 94.3. The molecule has 12 nitrogen and oxygen atoms in total. The van der Waals surface area contributed by atoms with Crippen LogP contribution in [0.5, 0.6) is 51.7 Å². The van der Waals surface area contributed by atoms with E-state index in [9.17, 15) is 46.0 Å². The van der Waals surface area contributed by atoms with E-state index in [4.69, 9.17) is 13.9 Å². The van der Waals surface area contributed by atoms with Gasteiger partial charge < -0.3 is 55.4 Å². The Morgan fingerprint density at radius 2 is 1.12 bits per heavy atom. The molecule has 2 aliphatic heterocycles. The van der Waals surface area contributed by atoms with Gasteiger partial charge in [-0.25, -0.2) is 4.42 Å². The smallest absolute Gasteiger partial charge is 0.371 e. The van der Waals surface area contributed by atoms with Crippen LogP contribution in [0.4, 0.5) is 0 Å². The summed E-state index contributed by atoms with van der Waals surface area (Å²) in [7, 11) is 0. The van der Waals surface area contributed by atoms with Crippen LogP contribution in [0.1, 0.15) is 34.5 Å². The maximum Gasteiger partial charge on any atom is 0.371 e. The predicted molar refractivity (Wildman–Crippen MR) is 149 cm³/mol. The largest absolute Gasteiger partial charge is 0.507 e. The molecule has 4 aromatic carbocycles. The fourth-order valence-corrected chi connectivity index (χ4v) is 5.86. The first kappa shape index (κ1) is 26.6. The van der Waals surface area contributed by atoms with Crippen molar-refractivity contribution in [3.63, 3.8) is 0 Å². The Kier molecular flexibility index (Phi) is 5.77. The summed E-state index contributed by atoms with van der Waals surface area (Å²) < 4.78 is 18.2. The van der Waals surface area contributed by atoms with Crippen molar-refractivity contribution in [2.24, 2.45) is 0 Å². The van der Waals surface area contributed by atoms with Crippen LogP contribution in [0.25, 0.3) is 21.9 Å². The third kappa shape index (κ3) is 4.02. The van der Waals surface area contributed by atoms with Gasteiger partial charge in [0, 0.05) is 18.4 Å². The van der Waals surface area contributed by atoms with Crippen molar-refractivity contribution >= 4 is 21.9 Å². The summed E-state index contributed by atoms with van der Waals surface area (Å²) in [4.78, 5) is 0. The fraction of sp³-hybridized carbons (Fsp3) is 0.194. The zero-order valence-corrected chi connectivity index (χ0v) is 22.1. The fourth-order valence-electron chi connectivity index (χ4n) is 5.86. The van der Waals surface area contributed by atoms with Crippen LogP contribution in [-0.4, -0.2) is 58.2 Å². The van der Waals surface area contributed by atoms with E-state index in [1.807, 2.05) is 0 Å². The highest BCUT2D eigenvalue weighted by atomic mass is 16.5. The number of phenols is 7. The molecule has 1 aromatic heterocycles. The SMILES string of the molecule is Oc1ccc([C@H]2Oc3c(c(O)cc4[o+]c5c6c(c(O)c(O)c5cc34)O[C@@H](c3ccc(O)c(O)c3)[C@H](O)C6)C[C@@H]2O)cc1O. The van der Waals surface area contributed by atoms with Gasteiger partial charge in [0.25, 0.3) is 0 Å². The molecule has 0 spiro atoms. The Morgan fingerprint density at radius 3 is 1.70 bits per heavy atom. The molecule has 5 aromatic rings. The monoisotopic (exact) mass is 589 g/mol. The molecule has 220 valence electrons. The van der Waals surface area contributed by atoms with Crippen LogP contribution < -0.4 is 9.47 Å². The van der Waals surface area contributed by atoms with Crippen LogP contribution in [0, 0.1) is 0 Å². The standard InChI is InChI=1S/C31H24O12/c32-17-3-1-11(5-20(17)35)27-22(37)8-13-19(34)10-24-14(29(13)42-27)7-15-25(39)26(40)31-16(30(15)41-24)9-23(38)28(43-31)12-2-4-18(33)21(36)6-12/h1-7,10,22-23,27-28,37-38H,8-9H2,(H6-,32,33,34,35,36,39,40)/p+1/t22-,23+,27+,28-/m0/s1. The molecule has 0 fully saturated rings. The third-order valence-corrected chi connectivity index (χ3v) is 8.02. The van der Waals surface area contributed by atoms with Crippen molar-refractivity contribution in [2.75, 3.05) is 0 Å². The first-order chi connectivity index (χ1) is 20.5. The van der Waals surface area contributed by atoms with E-state index >= 15 is 0 Å². The van der Waals surface area contributed by atoms with Gasteiger partial charge >= 0.3 is 11.2 Å². The number of ether oxygens (including phenoxy) is 2. The second kappa shape index (κ2) is 9.34. The average Bonchev–Trinajstić information content (AvgIpc) is 2.98. The maximum absolute atomic E-state index is 11.1. The highest BCUT2D eigenvalue weighted by molar-refractivity contribution is 6.01. The zero-order chi connectivity index (χ0) is 30.3. The number of phenolic OH excluding ortho intramolecular Hbond substituents is 7. The molecule has 4 atom stereocenters. The molecule has 9 N–H and O–H groups in total. The number of aliphatic hydroxyl groups excluding tert-OH is 2. The molecule has 7 rings (SSSR count). The minimum atomic E-state index is -1.18. The summed E-state index contributed by atoms with van der Waals surface area (Å²) in [5.74, 6) is -2.95. The summed E-state index contributed by atoms with van der Waals surface area (Å²) in [6.45, 7) is 0. The van der Waals surface area contributed by atoms with E-state index in [1.54, 1.807) is 0 Å². The van der Waals surface area contributed by atoms with E-state index in [2.05, 4.69) is 0 Å². The predicted octanol–water partition coefficient (Wildman–Crippen LogP) is 3.88. The Hall–Kier alpha value is -5.33. The van der Waals surface area contributed by atoms with Crippen molar-refractivity contribution in [2.45, 2.75) is 37.3 Å². The van der Waals surface area contributed by atoms with Crippen LogP contribution in [0.15, 0.2) is 52.9 Å². The van der Waals surface area contributed by atoms with Gasteiger partial charge in [-0.2, -0.15) is 0 Å². The van der Waals surface area contributed by atoms with Gasteiger partial charge in [0.1, 0.15) is 27.8 Å². The molecule has 0 amide bonds. The Morgan fingerprint density at radius 1 is 0.558 bits per heavy atom. The number of rotatable bonds is 2. The van der Waals surface area contributed by atoms with Crippen molar-refractivity contribution in [1.29, 1.82) is 0 Å². The maximum atomic E-state index is 11.1. The normalized spacial score (nSPS) is 21.2. The summed E-state index contributed by atoms with van der Waals surface area (Å²) in [5.41, 5.74) is 1.38. The second-order valence-electron chi connectivity index (χ2n) is 10.7. The van der Waals surface area contributed by atoms with Crippen molar-refractivity contribution < 1.29 is 59.8 Å². The van der Waals surface area contributed by atoms with Crippen molar-refractivity contribution in [3.8, 4) is 51.7 Å². The van der Waals surface area contributed by atoms with Crippen molar-refractivity contribution in [3.05, 3.63) is 70.8 Å². The number of hydrogen-bond donors (Lipinski definition) is 9. The number of aliphatic hydroxyl groups is 2. The van der Waals surface area contributed by atoms with Crippen LogP contribution in [0.2, 0.25) is 0 Å². The summed E-state index contributed by atoms with van der Waals surface area (Å²) in [6.07, 6.45) is -4.48. The van der Waals surface area contributed by atoms with Gasteiger partial charge in [0.2, 0.25) is 5.75 Å². The molecule has 0 unspecified atom stereocenters. The van der Waals surface area contributed by atoms with E-state index in [0.29, 0.717) is 16.5 Å². The molecule has 3 heterocycles. The van der Waals surface area contributed by atoms with Crippen molar-refractivity contribution in [1.82, 2.24) is 0 Å². The highest BCUT2D eigenvalue weighted by Crippen LogP contribution is 2.53. The Bertz CT molecular complexity index is 1970. The van der Waals surface area contributed by atoms with E-state index in [0.717, 1.165) is 0 Å². The van der Waals surface area contributed by atoms with Crippen LogP contribution in [-0.2, 0) is 12.8 Å². The first-order valence-corrected chi connectivity index (χ1v) is 13.3. The third-order valence-electron chi connectivity index (χ3n) is 8.02. The molecule has 0 radical (unpaired) electrons. The lowest BCUT2D eigenvalue weighted by molar-refractivity contribution is 0.0189. The minimum Gasteiger partial charge on any atom is -0.507 e. The summed E-state index contributed by atoms with van der Waals surface area (Å²) in [6, 6.07) is 10.7. The number of aromatic hydroxyl groups is 7. The molecule has 12 heteroatoms. The van der Waals surface area contributed by atoms with E-state index in [1.165, 1.54) is 48.5 Å². The molecule has 0 bridgehead atoms. The van der Waals surface area contributed by atoms with Gasteiger partial charge in [-0.1, -0.05) is 12.1 Å². The number of benzene rings is 4. The molecular weight excluding hydrogens is 564 g/mol. The number of hydrogen-bond acceptors (Lipinski definition) is 11. The molecule has 0 aliphatic carbocycles. The highest BCUT2D eigenvalue weighted by Gasteiger charge is 2.40. The van der Waals surface area contributed by atoms with Gasteiger partial charge in [-0.05, 0) is 41.5 Å². The zero-order valence-electron chi connectivity index (χ0n) is 22.1. The van der Waals surface area contributed by atoms with Gasteiger partial charge in [-0.15, -0.1) is 0 Å². The molecule has 0 saturated heterocycles. The Labute approximate surface area is 241 Å². The number of fused-ring (bicyclic) bond motifs is 6. The van der Waals surface area contributed by atoms with Gasteiger partial charge in [0.05, 0.1) is 18.3 Å². The average molecular weight is 590 g/mol. The van der Waals surface area contributed by atoms with E-state index < -0.39 is 47.4 Å². The Balaban J connectivity index is 1.37. The van der Waals surface area contributed by atoms with Gasteiger partial charge in [-0.3, -0.25) is 0 Å². The molecular formula is C31H25O12+. The van der Waals surface area contributed by atoms with Crippen LogP contribution >= 0.6 is 0 Å². The van der Waals surface area contributed by atoms with Gasteiger partial charge in [0.15, 0.2) is 46.7 Å². The molecule has 2 aliphatic rings. The first-order valence-electron chi connectivity index (χ1n) is 13.3. The van der Waals surface area contributed by atoms with E-state index in [-0.39, 0.29) is 69.3 Å². The molecule has 0 saturated carbocycles. The summed E-state index contributed by atoms with van der Waals surface area (Å²) >= 11 is 0. The minimum absolute atomic E-state index is 0.0307. The lowest BCUT2D eigenvalue weighted by atomic mass is 9.91. The molecule has 43 heavy (non-hydrogen) atoms. The second-order valence-corrected chi connectivity index (χ2v) is 10.7.